The average molecular weight is 269 g/mol. The van der Waals surface area contributed by atoms with Crippen molar-refractivity contribution in [3.8, 4) is 0 Å². The number of hydrogen-bond donors (Lipinski definition) is 1. The summed E-state index contributed by atoms with van der Waals surface area (Å²) in [5, 5.41) is -2.99. The monoisotopic (exact) mass is 268 g/mol. The van der Waals surface area contributed by atoms with Gasteiger partial charge in [0.15, 0.2) is 5.25 Å². The smallest absolute Gasteiger partial charge is 0.280 e. The molecule has 0 amide bonds. The molecule has 0 heterocycles. The zero-order chi connectivity index (χ0) is 11.6. The minimum atomic E-state index is -4.61. The molecule has 0 aliphatic carbocycles. The largest absolute Gasteiger partial charge is 0.285 e. The fourth-order valence-electron chi connectivity index (χ4n) is 1.09. The van der Waals surface area contributed by atoms with E-state index in [-0.39, 0.29) is 10.6 Å². The SMILES string of the molecule is O=C(Cl)C(c1ccccc1Cl)S(=O)(=O)O. The molecule has 1 aromatic rings. The van der Waals surface area contributed by atoms with Gasteiger partial charge in [0.25, 0.3) is 10.1 Å². The Morgan fingerprint density at radius 2 is 1.87 bits per heavy atom. The van der Waals surface area contributed by atoms with Gasteiger partial charge in [-0.1, -0.05) is 29.8 Å². The van der Waals surface area contributed by atoms with Crippen LogP contribution in [0.2, 0.25) is 5.02 Å². The van der Waals surface area contributed by atoms with Crippen molar-refractivity contribution < 1.29 is 17.8 Å². The maximum absolute atomic E-state index is 10.9. The normalized spacial score (nSPS) is 13.5. The van der Waals surface area contributed by atoms with Crippen LogP contribution in [0.3, 0.4) is 0 Å². The van der Waals surface area contributed by atoms with E-state index in [0.717, 1.165) is 0 Å². The number of carbonyl (C=O) groups excluding carboxylic acids is 1. The first kappa shape index (κ1) is 12.4. The Labute approximate surface area is 96.6 Å². The predicted molar refractivity (Wildman–Crippen MR) is 56.6 cm³/mol. The van der Waals surface area contributed by atoms with Crippen molar-refractivity contribution in [1.29, 1.82) is 0 Å². The Morgan fingerprint density at radius 1 is 1.33 bits per heavy atom. The molecule has 0 saturated carbocycles. The third-order valence-corrected chi connectivity index (χ3v) is 3.45. The van der Waals surface area contributed by atoms with Gasteiger partial charge in [-0.3, -0.25) is 9.35 Å². The Bertz CT molecular complexity index is 483. The molecule has 7 heteroatoms. The minimum Gasteiger partial charge on any atom is -0.285 e. The lowest BCUT2D eigenvalue weighted by Crippen LogP contribution is -2.18. The van der Waals surface area contributed by atoms with Crippen LogP contribution in [0.4, 0.5) is 0 Å². The van der Waals surface area contributed by atoms with Gasteiger partial charge in [0.1, 0.15) is 0 Å². The summed E-state index contributed by atoms with van der Waals surface area (Å²) in [6.45, 7) is 0. The molecule has 0 aliphatic heterocycles. The molecule has 0 bridgehead atoms. The number of halogens is 2. The molecule has 0 spiro atoms. The Balaban J connectivity index is 3.36. The molecule has 82 valence electrons. The van der Waals surface area contributed by atoms with E-state index in [1.54, 1.807) is 6.07 Å². The van der Waals surface area contributed by atoms with Gasteiger partial charge in [0.05, 0.1) is 0 Å². The summed E-state index contributed by atoms with van der Waals surface area (Å²) in [7, 11) is -4.61. The average Bonchev–Trinajstić information content (AvgIpc) is 2.05. The van der Waals surface area contributed by atoms with Crippen LogP contribution in [0.15, 0.2) is 24.3 Å². The summed E-state index contributed by atoms with van der Waals surface area (Å²) in [4.78, 5) is 10.9. The first-order valence-corrected chi connectivity index (χ1v) is 6.00. The zero-order valence-electron chi connectivity index (χ0n) is 7.22. The van der Waals surface area contributed by atoms with Crippen LogP contribution in [-0.2, 0) is 14.9 Å². The van der Waals surface area contributed by atoms with Gasteiger partial charge in [0.2, 0.25) is 5.24 Å². The molecular formula is C8H6Cl2O4S. The van der Waals surface area contributed by atoms with Crippen LogP contribution < -0.4 is 0 Å². The highest BCUT2D eigenvalue weighted by molar-refractivity contribution is 7.87. The highest BCUT2D eigenvalue weighted by atomic mass is 35.5. The topological polar surface area (TPSA) is 71.4 Å². The summed E-state index contributed by atoms with van der Waals surface area (Å²) in [6.07, 6.45) is 0. The van der Waals surface area contributed by atoms with Gasteiger partial charge in [-0.15, -0.1) is 0 Å². The molecule has 1 aromatic carbocycles. The van der Waals surface area contributed by atoms with Gasteiger partial charge < -0.3 is 0 Å². The van der Waals surface area contributed by atoms with E-state index in [9.17, 15) is 13.2 Å². The molecule has 1 N–H and O–H groups in total. The second-order valence-corrected chi connectivity index (χ2v) is 5.00. The molecule has 0 saturated heterocycles. The number of rotatable bonds is 3. The molecule has 0 aromatic heterocycles. The summed E-state index contributed by atoms with van der Waals surface area (Å²) in [5.74, 6) is 0. The fourth-order valence-corrected chi connectivity index (χ4v) is 2.61. The van der Waals surface area contributed by atoms with E-state index < -0.39 is 20.6 Å². The van der Waals surface area contributed by atoms with Crippen molar-refractivity contribution in [2.45, 2.75) is 5.25 Å². The summed E-state index contributed by atoms with van der Waals surface area (Å²) < 4.78 is 30.7. The standard InChI is InChI=1S/C8H6Cl2O4S/c9-6-4-2-1-3-5(6)7(8(10)11)15(12,13)14/h1-4,7H,(H,12,13,14). The fraction of sp³-hybridized carbons (Fsp3) is 0.125. The van der Waals surface area contributed by atoms with Gasteiger partial charge >= 0.3 is 0 Å². The summed E-state index contributed by atoms with van der Waals surface area (Å²) >= 11 is 10.8. The summed E-state index contributed by atoms with van der Waals surface area (Å²) in [5.41, 5.74) is -0.0401. The lowest BCUT2D eigenvalue weighted by Gasteiger charge is -2.10. The first-order valence-electron chi connectivity index (χ1n) is 3.74. The van der Waals surface area contributed by atoms with Crippen LogP contribution in [0.5, 0.6) is 0 Å². The van der Waals surface area contributed by atoms with Crippen LogP contribution in [-0.4, -0.2) is 18.2 Å². The molecule has 1 unspecified atom stereocenters. The minimum absolute atomic E-state index is 0.0401. The highest BCUT2D eigenvalue weighted by Gasteiger charge is 2.32. The van der Waals surface area contributed by atoms with E-state index in [0.29, 0.717) is 0 Å². The number of benzene rings is 1. The number of carbonyl (C=O) groups is 1. The third-order valence-electron chi connectivity index (χ3n) is 1.69. The molecule has 4 nitrogen and oxygen atoms in total. The van der Waals surface area contributed by atoms with Crippen molar-refractivity contribution in [2.75, 3.05) is 0 Å². The summed E-state index contributed by atoms with van der Waals surface area (Å²) in [6, 6.07) is 5.75. The van der Waals surface area contributed by atoms with Crippen molar-refractivity contribution in [2.24, 2.45) is 0 Å². The van der Waals surface area contributed by atoms with Crippen LogP contribution in [0.25, 0.3) is 0 Å². The van der Waals surface area contributed by atoms with Gasteiger partial charge in [-0.05, 0) is 23.2 Å². The van der Waals surface area contributed by atoms with Crippen LogP contribution >= 0.6 is 23.2 Å². The van der Waals surface area contributed by atoms with Crippen molar-refractivity contribution in [1.82, 2.24) is 0 Å². The second kappa shape index (κ2) is 4.49. The van der Waals surface area contributed by atoms with Gasteiger partial charge in [0, 0.05) is 5.02 Å². The van der Waals surface area contributed by atoms with Gasteiger partial charge in [-0.25, -0.2) is 0 Å². The Hall–Kier alpha value is -0.620. The third kappa shape index (κ3) is 2.92. The Morgan fingerprint density at radius 3 is 2.27 bits per heavy atom. The lowest BCUT2D eigenvalue weighted by atomic mass is 10.1. The first-order chi connectivity index (χ1) is 6.84. The second-order valence-electron chi connectivity index (χ2n) is 2.72. The molecular weight excluding hydrogens is 263 g/mol. The van der Waals surface area contributed by atoms with E-state index in [2.05, 4.69) is 0 Å². The van der Waals surface area contributed by atoms with E-state index >= 15 is 0 Å². The Kier molecular flexibility index (Phi) is 3.72. The van der Waals surface area contributed by atoms with E-state index in [4.69, 9.17) is 27.8 Å². The van der Waals surface area contributed by atoms with Gasteiger partial charge in [-0.2, -0.15) is 8.42 Å². The van der Waals surface area contributed by atoms with Crippen molar-refractivity contribution >= 4 is 38.6 Å². The highest BCUT2D eigenvalue weighted by Crippen LogP contribution is 2.29. The molecule has 1 atom stereocenters. The van der Waals surface area contributed by atoms with Crippen molar-refractivity contribution in [3.05, 3.63) is 34.9 Å². The van der Waals surface area contributed by atoms with Crippen LogP contribution in [0.1, 0.15) is 10.8 Å². The van der Waals surface area contributed by atoms with E-state index in [1.165, 1.54) is 18.2 Å². The molecule has 0 fully saturated rings. The maximum atomic E-state index is 10.9. The van der Waals surface area contributed by atoms with Crippen molar-refractivity contribution in [3.63, 3.8) is 0 Å². The van der Waals surface area contributed by atoms with Crippen LogP contribution in [0, 0.1) is 0 Å². The quantitative estimate of drug-likeness (QED) is 0.673. The maximum Gasteiger partial charge on any atom is 0.280 e. The molecule has 0 radical (unpaired) electrons. The molecule has 0 aliphatic rings. The predicted octanol–water partition coefficient (Wildman–Crippen LogP) is 2.03. The number of hydrogen-bond acceptors (Lipinski definition) is 3. The molecule has 1 rings (SSSR count). The lowest BCUT2D eigenvalue weighted by molar-refractivity contribution is -0.111. The zero-order valence-corrected chi connectivity index (χ0v) is 9.55. The molecule has 15 heavy (non-hydrogen) atoms. The van der Waals surface area contributed by atoms with E-state index in [1.807, 2.05) is 0 Å².